The number of imidazole rings is 1. The fraction of sp³-hybridized carbons (Fsp3) is 0.409. The lowest BCUT2D eigenvalue weighted by Gasteiger charge is -2.45. The maximum Gasteiger partial charge on any atom is 0.237 e. The molecule has 2 N–H and O–H groups in total. The van der Waals surface area contributed by atoms with Gasteiger partial charge in [-0.25, -0.2) is 9.97 Å². The first kappa shape index (κ1) is 18.7. The topological polar surface area (TPSA) is 97.8 Å². The SMILES string of the molecule is CC[C@@H]1C(=N)N(C(C)=N)c2cnc(-n3cnc4ccccc43)nc2N1C1CCCC1. The molecule has 154 valence electrons. The molecule has 0 unspecified atom stereocenters. The highest BCUT2D eigenvalue weighted by molar-refractivity contribution is 6.21. The highest BCUT2D eigenvalue weighted by Gasteiger charge is 2.41. The predicted molar refractivity (Wildman–Crippen MR) is 119 cm³/mol. The Labute approximate surface area is 175 Å². The Morgan fingerprint density at radius 2 is 1.93 bits per heavy atom. The van der Waals surface area contributed by atoms with Crippen LogP contribution in [0, 0.1) is 10.8 Å². The van der Waals surface area contributed by atoms with Crippen LogP contribution in [-0.2, 0) is 0 Å². The Kier molecular flexibility index (Phi) is 4.49. The smallest absolute Gasteiger partial charge is 0.237 e. The van der Waals surface area contributed by atoms with Gasteiger partial charge in [0.1, 0.15) is 23.7 Å². The van der Waals surface area contributed by atoms with Crippen LogP contribution >= 0.6 is 0 Å². The number of nitrogens with one attached hydrogen (secondary N) is 2. The Balaban J connectivity index is 1.70. The summed E-state index contributed by atoms with van der Waals surface area (Å²) in [5.74, 6) is 2.14. The fourth-order valence-corrected chi connectivity index (χ4v) is 4.86. The van der Waals surface area contributed by atoms with Crippen molar-refractivity contribution in [1.82, 2.24) is 19.5 Å². The van der Waals surface area contributed by atoms with Crippen molar-refractivity contribution in [3.63, 3.8) is 0 Å². The number of nitrogens with zero attached hydrogens (tertiary/aromatic N) is 6. The summed E-state index contributed by atoms with van der Waals surface area (Å²) in [6.07, 6.45) is 8.95. The predicted octanol–water partition coefficient (Wildman–Crippen LogP) is 4.14. The van der Waals surface area contributed by atoms with Gasteiger partial charge in [0.2, 0.25) is 5.95 Å². The molecule has 3 aromatic rings. The minimum Gasteiger partial charge on any atom is -0.342 e. The van der Waals surface area contributed by atoms with Gasteiger partial charge in [0.15, 0.2) is 5.82 Å². The van der Waals surface area contributed by atoms with Crippen LogP contribution in [0.4, 0.5) is 11.5 Å². The van der Waals surface area contributed by atoms with Crippen LogP contribution in [0.25, 0.3) is 17.0 Å². The number of anilines is 2. The first-order valence-electron chi connectivity index (χ1n) is 10.6. The average molecular weight is 403 g/mol. The normalized spacial score (nSPS) is 19.5. The number of benzene rings is 1. The van der Waals surface area contributed by atoms with Gasteiger partial charge in [-0.2, -0.15) is 4.98 Å². The van der Waals surface area contributed by atoms with Crippen LogP contribution in [0.2, 0.25) is 0 Å². The Morgan fingerprint density at radius 1 is 1.17 bits per heavy atom. The highest BCUT2D eigenvalue weighted by atomic mass is 15.4. The lowest BCUT2D eigenvalue weighted by molar-refractivity contribution is 0.547. The monoisotopic (exact) mass is 402 g/mol. The van der Waals surface area contributed by atoms with Gasteiger partial charge in [-0.05, 0) is 38.3 Å². The number of fused-ring (bicyclic) bond motifs is 2. The lowest BCUT2D eigenvalue weighted by atomic mass is 10.0. The second kappa shape index (κ2) is 7.19. The van der Waals surface area contributed by atoms with E-state index in [4.69, 9.17) is 15.8 Å². The number of aromatic nitrogens is 4. The Hall–Kier alpha value is -3.29. The molecule has 0 saturated heterocycles. The molecule has 1 atom stereocenters. The largest absolute Gasteiger partial charge is 0.342 e. The first-order valence-corrected chi connectivity index (χ1v) is 10.6. The summed E-state index contributed by atoms with van der Waals surface area (Å²) >= 11 is 0. The van der Waals surface area contributed by atoms with Crippen LogP contribution in [-0.4, -0.2) is 43.3 Å². The van der Waals surface area contributed by atoms with Gasteiger partial charge < -0.3 is 4.90 Å². The van der Waals surface area contributed by atoms with Gasteiger partial charge >= 0.3 is 0 Å². The molecule has 1 aliphatic heterocycles. The molecule has 1 aromatic carbocycles. The fourth-order valence-electron chi connectivity index (χ4n) is 4.86. The molecule has 2 aliphatic rings. The van der Waals surface area contributed by atoms with E-state index >= 15 is 0 Å². The van der Waals surface area contributed by atoms with Crippen molar-refractivity contribution in [1.29, 1.82) is 10.8 Å². The van der Waals surface area contributed by atoms with Gasteiger partial charge in [0.05, 0.1) is 23.3 Å². The number of rotatable bonds is 3. The Bertz CT molecular complexity index is 1130. The van der Waals surface area contributed by atoms with E-state index in [2.05, 4.69) is 21.8 Å². The summed E-state index contributed by atoms with van der Waals surface area (Å²) < 4.78 is 1.91. The molecule has 3 heterocycles. The summed E-state index contributed by atoms with van der Waals surface area (Å²) in [7, 11) is 0. The average Bonchev–Trinajstić information content (AvgIpc) is 3.42. The van der Waals surface area contributed by atoms with Crippen LogP contribution < -0.4 is 9.80 Å². The second-order valence-corrected chi connectivity index (χ2v) is 8.06. The molecule has 1 saturated carbocycles. The molecule has 1 aliphatic carbocycles. The second-order valence-electron chi connectivity index (χ2n) is 8.06. The zero-order chi connectivity index (χ0) is 20.8. The molecule has 8 heteroatoms. The first-order chi connectivity index (χ1) is 14.6. The zero-order valence-electron chi connectivity index (χ0n) is 17.3. The van der Waals surface area contributed by atoms with Crippen LogP contribution in [0.1, 0.15) is 46.0 Å². The molecule has 0 amide bonds. The highest BCUT2D eigenvalue weighted by Crippen LogP contribution is 2.40. The zero-order valence-corrected chi connectivity index (χ0v) is 17.3. The molecule has 0 spiro atoms. The third-order valence-corrected chi connectivity index (χ3v) is 6.22. The number of hydrogen-bond acceptors (Lipinski definition) is 6. The summed E-state index contributed by atoms with van der Waals surface area (Å²) in [6.45, 7) is 3.82. The minimum atomic E-state index is -0.0943. The van der Waals surface area contributed by atoms with Gasteiger partial charge in [0.25, 0.3) is 0 Å². The van der Waals surface area contributed by atoms with Crippen molar-refractivity contribution < 1.29 is 0 Å². The molecule has 0 bridgehead atoms. The van der Waals surface area contributed by atoms with E-state index < -0.39 is 0 Å². The van der Waals surface area contributed by atoms with Crippen LogP contribution in [0.15, 0.2) is 36.8 Å². The van der Waals surface area contributed by atoms with Crippen LogP contribution in [0.5, 0.6) is 0 Å². The standard InChI is InChI=1S/C22H26N8/c1-3-17-20(24)29(14(2)23)19-12-25-22(27-21(19)30(17)15-8-4-5-9-15)28-13-26-16-10-6-7-11-18(16)28/h6-7,10-13,15,17,23-24H,3-5,8-9H2,1-2H3/t17-/m1/s1. The number of amidine groups is 2. The third kappa shape index (κ3) is 2.78. The van der Waals surface area contributed by atoms with E-state index in [0.29, 0.717) is 23.7 Å². The molecule has 1 fully saturated rings. The number of para-hydroxylation sites is 2. The number of hydrogen-bond donors (Lipinski definition) is 2. The van der Waals surface area contributed by atoms with Crippen molar-refractivity contribution in [2.45, 2.75) is 58.0 Å². The van der Waals surface area contributed by atoms with E-state index in [1.54, 1.807) is 24.3 Å². The molecule has 0 radical (unpaired) electrons. The molecule has 2 aromatic heterocycles. The summed E-state index contributed by atoms with van der Waals surface area (Å²) in [6, 6.07) is 8.21. The van der Waals surface area contributed by atoms with Gasteiger partial charge in [-0.1, -0.05) is 31.9 Å². The van der Waals surface area contributed by atoms with E-state index in [1.165, 1.54) is 12.8 Å². The van der Waals surface area contributed by atoms with Crippen molar-refractivity contribution in [2.75, 3.05) is 9.80 Å². The van der Waals surface area contributed by atoms with Crippen LogP contribution in [0.3, 0.4) is 0 Å². The molecular formula is C22H26N8. The molecular weight excluding hydrogens is 376 g/mol. The lowest BCUT2D eigenvalue weighted by Crippen LogP contribution is -2.57. The van der Waals surface area contributed by atoms with Gasteiger partial charge in [-0.15, -0.1) is 0 Å². The quantitative estimate of drug-likeness (QED) is 0.507. The van der Waals surface area contributed by atoms with E-state index in [0.717, 1.165) is 41.8 Å². The molecule has 8 nitrogen and oxygen atoms in total. The van der Waals surface area contributed by atoms with E-state index in [1.807, 2.05) is 28.8 Å². The van der Waals surface area contributed by atoms with Crippen molar-refractivity contribution in [3.8, 4) is 5.95 Å². The van der Waals surface area contributed by atoms with Gasteiger partial charge in [0, 0.05) is 6.04 Å². The van der Waals surface area contributed by atoms with Crippen molar-refractivity contribution in [2.24, 2.45) is 0 Å². The summed E-state index contributed by atoms with van der Waals surface area (Å²) in [5, 5.41) is 17.1. The third-order valence-electron chi connectivity index (χ3n) is 6.22. The maximum atomic E-state index is 8.83. The Morgan fingerprint density at radius 3 is 2.67 bits per heavy atom. The van der Waals surface area contributed by atoms with Gasteiger partial charge in [-0.3, -0.25) is 20.3 Å². The van der Waals surface area contributed by atoms with Crippen molar-refractivity contribution >= 4 is 34.2 Å². The maximum absolute atomic E-state index is 8.83. The summed E-state index contributed by atoms with van der Waals surface area (Å²) in [4.78, 5) is 18.1. The summed E-state index contributed by atoms with van der Waals surface area (Å²) in [5.41, 5.74) is 2.58. The van der Waals surface area contributed by atoms with E-state index in [-0.39, 0.29) is 6.04 Å². The van der Waals surface area contributed by atoms with E-state index in [9.17, 15) is 0 Å². The van der Waals surface area contributed by atoms with Crippen molar-refractivity contribution in [3.05, 3.63) is 36.8 Å². The minimum absolute atomic E-state index is 0.0943. The molecule has 30 heavy (non-hydrogen) atoms. The molecule has 5 rings (SSSR count).